The Morgan fingerprint density at radius 1 is 1.24 bits per heavy atom. The molecule has 0 radical (unpaired) electrons. The fourth-order valence-corrected chi connectivity index (χ4v) is 3.48. The minimum Gasteiger partial charge on any atom is -0.314 e. The number of nitrogens with zero attached hydrogens (tertiary/aromatic N) is 1. The molecule has 1 aliphatic rings. The molecule has 1 aromatic rings. The van der Waals surface area contributed by atoms with Gasteiger partial charge >= 0.3 is 0 Å². The highest BCUT2D eigenvalue weighted by molar-refractivity contribution is 5.17. The first-order valence-electron chi connectivity index (χ1n) is 8.16. The summed E-state index contributed by atoms with van der Waals surface area (Å²) in [7, 11) is 2.11. The van der Waals surface area contributed by atoms with Gasteiger partial charge < -0.3 is 10.2 Å². The minimum absolute atomic E-state index is 0.0925. The van der Waals surface area contributed by atoms with Crippen molar-refractivity contribution in [2.24, 2.45) is 5.41 Å². The van der Waals surface area contributed by atoms with Gasteiger partial charge in [-0.05, 0) is 31.4 Å². The topological polar surface area (TPSA) is 15.3 Å². The van der Waals surface area contributed by atoms with Crippen LogP contribution in [-0.4, -0.2) is 31.1 Å². The van der Waals surface area contributed by atoms with Crippen molar-refractivity contribution in [3.63, 3.8) is 0 Å². The molecule has 1 saturated carbocycles. The molecule has 0 bridgehead atoms. The Morgan fingerprint density at radius 3 is 2.52 bits per heavy atom. The lowest BCUT2D eigenvalue weighted by molar-refractivity contribution is 0.163. The van der Waals surface area contributed by atoms with Gasteiger partial charge in [-0.3, -0.25) is 0 Å². The van der Waals surface area contributed by atoms with E-state index < -0.39 is 0 Å². The third kappa shape index (κ3) is 4.79. The Balaban J connectivity index is 1.95. The van der Waals surface area contributed by atoms with Crippen LogP contribution in [0, 0.1) is 11.2 Å². The van der Waals surface area contributed by atoms with Crippen molar-refractivity contribution in [3.8, 4) is 0 Å². The lowest BCUT2D eigenvalue weighted by Gasteiger charge is -2.34. The average Bonchev–Trinajstić information content (AvgIpc) is 2.88. The van der Waals surface area contributed by atoms with E-state index in [1.807, 2.05) is 12.1 Å². The van der Waals surface area contributed by atoms with Gasteiger partial charge in [0.25, 0.3) is 0 Å². The smallest absolute Gasteiger partial charge is 0.127 e. The van der Waals surface area contributed by atoms with Gasteiger partial charge in [-0.15, -0.1) is 0 Å². The van der Waals surface area contributed by atoms with E-state index in [4.69, 9.17) is 0 Å². The molecule has 0 spiro atoms. The van der Waals surface area contributed by atoms with Crippen molar-refractivity contribution < 1.29 is 4.39 Å². The van der Waals surface area contributed by atoms with Crippen LogP contribution in [0.15, 0.2) is 24.3 Å². The van der Waals surface area contributed by atoms with Crippen LogP contribution in [0.4, 0.5) is 4.39 Å². The normalized spacial score (nSPS) is 17.8. The maximum atomic E-state index is 13.8. The summed E-state index contributed by atoms with van der Waals surface area (Å²) < 4.78 is 13.8. The highest BCUT2D eigenvalue weighted by Gasteiger charge is 2.34. The summed E-state index contributed by atoms with van der Waals surface area (Å²) in [6, 6.07) is 7.63. The molecule has 1 fully saturated rings. The zero-order valence-electron chi connectivity index (χ0n) is 13.7. The van der Waals surface area contributed by atoms with Crippen molar-refractivity contribution in [3.05, 3.63) is 35.6 Å². The Kier molecular flexibility index (Phi) is 5.77. The van der Waals surface area contributed by atoms with Gasteiger partial charge in [0.1, 0.15) is 5.82 Å². The molecule has 0 atom stereocenters. The maximum absolute atomic E-state index is 13.8. The van der Waals surface area contributed by atoms with Crippen LogP contribution in [-0.2, 0) is 6.54 Å². The van der Waals surface area contributed by atoms with Crippen LogP contribution in [0.1, 0.15) is 45.1 Å². The van der Waals surface area contributed by atoms with Gasteiger partial charge in [0.15, 0.2) is 0 Å². The second-order valence-electron chi connectivity index (χ2n) is 7.01. The van der Waals surface area contributed by atoms with E-state index in [9.17, 15) is 4.39 Å². The molecular formula is C18H29FN2. The summed E-state index contributed by atoms with van der Waals surface area (Å²) in [6.45, 7) is 7.21. The molecule has 2 nitrogen and oxygen atoms in total. The number of nitrogens with one attached hydrogen (secondary N) is 1. The molecule has 2 rings (SSSR count). The quantitative estimate of drug-likeness (QED) is 0.822. The van der Waals surface area contributed by atoms with Crippen LogP contribution in [0.5, 0.6) is 0 Å². The van der Waals surface area contributed by atoms with E-state index in [1.54, 1.807) is 12.1 Å². The van der Waals surface area contributed by atoms with E-state index in [0.717, 1.165) is 18.7 Å². The van der Waals surface area contributed by atoms with Gasteiger partial charge in [0, 0.05) is 31.2 Å². The van der Waals surface area contributed by atoms with Crippen molar-refractivity contribution in [1.82, 2.24) is 10.2 Å². The molecule has 0 amide bonds. The first-order chi connectivity index (χ1) is 10.0. The SMILES string of the molecule is CC(C)NCC1(CN(C)Cc2ccccc2F)CCCC1. The average molecular weight is 292 g/mol. The Bertz CT molecular complexity index is 439. The largest absolute Gasteiger partial charge is 0.314 e. The zero-order chi connectivity index (χ0) is 15.3. The van der Waals surface area contributed by atoms with Crippen molar-refractivity contribution >= 4 is 0 Å². The number of hydrogen-bond acceptors (Lipinski definition) is 2. The Morgan fingerprint density at radius 2 is 1.90 bits per heavy atom. The Labute approximate surface area is 128 Å². The fraction of sp³-hybridized carbons (Fsp3) is 0.667. The molecule has 1 aromatic carbocycles. The molecule has 0 unspecified atom stereocenters. The molecule has 1 N–H and O–H groups in total. The van der Waals surface area contributed by atoms with Gasteiger partial charge in [0.2, 0.25) is 0 Å². The third-order valence-corrected chi connectivity index (χ3v) is 4.55. The molecule has 1 aliphatic carbocycles. The maximum Gasteiger partial charge on any atom is 0.127 e. The van der Waals surface area contributed by atoms with E-state index in [1.165, 1.54) is 25.7 Å². The highest BCUT2D eigenvalue weighted by atomic mass is 19.1. The van der Waals surface area contributed by atoms with Crippen LogP contribution < -0.4 is 5.32 Å². The van der Waals surface area contributed by atoms with Gasteiger partial charge in [-0.1, -0.05) is 44.9 Å². The summed E-state index contributed by atoms with van der Waals surface area (Å²) in [5, 5.41) is 3.61. The number of rotatable bonds is 7. The number of hydrogen-bond donors (Lipinski definition) is 1. The van der Waals surface area contributed by atoms with Crippen LogP contribution in [0.2, 0.25) is 0 Å². The fourth-order valence-electron chi connectivity index (χ4n) is 3.48. The summed E-state index contributed by atoms with van der Waals surface area (Å²) in [5.41, 5.74) is 1.16. The summed E-state index contributed by atoms with van der Waals surface area (Å²) in [5.74, 6) is -0.0925. The predicted molar refractivity (Wildman–Crippen MR) is 86.8 cm³/mol. The first-order valence-corrected chi connectivity index (χ1v) is 8.16. The van der Waals surface area contributed by atoms with E-state index >= 15 is 0 Å². The van der Waals surface area contributed by atoms with Gasteiger partial charge in [0.05, 0.1) is 0 Å². The molecular weight excluding hydrogens is 263 g/mol. The van der Waals surface area contributed by atoms with Crippen LogP contribution >= 0.6 is 0 Å². The molecule has 0 heterocycles. The molecule has 0 aromatic heterocycles. The summed E-state index contributed by atoms with van der Waals surface area (Å²) in [4.78, 5) is 2.28. The minimum atomic E-state index is -0.0925. The van der Waals surface area contributed by atoms with Crippen LogP contribution in [0.25, 0.3) is 0 Å². The van der Waals surface area contributed by atoms with E-state index in [0.29, 0.717) is 18.0 Å². The molecule has 0 saturated heterocycles. The first kappa shape index (κ1) is 16.4. The summed E-state index contributed by atoms with van der Waals surface area (Å²) >= 11 is 0. The number of benzene rings is 1. The number of halogens is 1. The molecule has 118 valence electrons. The second-order valence-corrected chi connectivity index (χ2v) is 7.01. The third-order valence-electron chi connectivity index (χ3n) is 4.55. The van der Waals surface area contributed by atoms with Crippen molar-refractivity contribution in [1.29, 1.82) is 0 Å². The van der Waals surface area contributed by atoms with Gasteiger partial charge in [-0.2, -0.15) is 0 Å². The highest BCUT2D eigenvalue weighted by Crippen LogP contribution is 2.38. The lowest BCUT2D eigenvalue weighted by atomic mass is 9.85. The van der Waals surface area contributed by atoms with Crippen molar-refractivity contribution in [2.75, 3.05) is 20.1 Å². The standard InChI is InChI=1S/C18H29FN2/c1-15(2)20-13-18(10-6-7-11-18)14-21(3)12-16-8-4-5-9-17(16)19/h4-5,8-9,15,20H,6-7,10-14H2,1-3H3. The lowest BCUT2D eigenvalue weighted by Crippen LogP contribution is -2.43. The van der Waals surface area contributed by atoms with Crippen LogP contribution in [0.3, 0.4) is 0 Å². The van der Waals surface area contributed by atoms with E-state index in [2.05, 4.69) is 31.1 Å². The molecule has 21 heavy (non-hydrogen) atoms. The molecule has 0 aliphatic heterocycles. The second kappa shape index (κ2) is 7.37. The Hall–Kier alpha value is -0.930. The predicted octanol–water partition coefficient (Wildman–Crippen LogP) is 3.82. The summed E-state index contributed by atoms with van der Waals surface area (Å²) in [6.07, 6.45) is 5.23. The van der Waals surface area contributed by atoms with Gasteiger partial charge in [-0.25, -0.2) is 4.39 Å². The van der Waals surface area contributed by atoms with E-state index in [-0.39, 0.29) is 5.82 Å². The zero-order valence-corrected chi connectivity index (χ0v) is 13.7. The van der Waals surface area contributed by atoms with Crippen molar-refractivity contribution in [2.45, 2.75) is 52.1 Å². The monoisotopic (exact) mass is 292 g/mol. The molecule has 3 heteroatoms.